The smallest absolute Gasteiger partial charge is 0.490 e. The molecule has 1 unspecified atom stereocenters. The van der Waals surface area contributed by atoms with Crippen LogP contribution < -0.4 is 9.47 Å². The van der Waals surface area contributed by atoms with Gasteiger partial charge in [-0.3, -0.25) is 9.80 Å². The molecule has 0 amide bonds. The molecule has 39 heavy (non-hydrogen) atoms. The van der Waals surface area contributed by atoms with E-state index >= 15 is 0 Å². The molecular formula is C24H32F6N2O7. The summed E-state index contributed by atoms with van der Waals surface area (Å²) in [6, 6.07) is 6.11. The van der Waals surface area contributed by atoms with Gasteiger partial charge in [-0.05, 0) is 48.8 Å². The molecule has 1 spiro atoms. The molecule has 3 N–H and O–H groups in total. The Bertz CT molecular complexity index is 932. The average molecular weight is 575 g/mol. The van der Waals surface area contributed by atoms with E-state index in [4.69, 9.17) is 29.3 Å². The van der Waals surface area contributed by atoms with E-state index < -0.39 is 24.3 Å². The number of alkyl halides is 6. The summed E-state index contributed by atoms with van der Waals surface area (Å²) in [5.74, 6) is -2.45. The maximum absolute atomic E-state index is 10.6. The Labute approximate surface area is 220 Å². The first-order valence-corrected chi connectivity index (χ1v) is 11.9. The topological polar surface area (TPSA) is 120 Å². The molecule has 2 heterocycles. The van der Waals surface area contributed by atoms with Crippen LogP contribution in [-0.2, 0) is 16.1 Å². The van der Waals surface area contributed by atoms with E-state index in [9.17, 15) is 31.4 Å². The number of aliphatic hydroxyl groups is 1. The third kappa shape index (κ3) is 9.72. The zero-order valence-corrected chi connectivity index (χ0v) is 21.4. The van der Waals surface area contributed by atoms with Crippen LogP contribution in [0.2, 0.25) is 0 Å². The summed E-state index contributed by atoms with van der Waals surface area (Å²) in [4.78, 5) is 23.0. The molecule has 1 aromatic rings. The second-order valence-electron chi connectivity index (χ2n) is 9.80. The number of nitrogens with zero attached hydrogens (tertiary/aromatic N) is 2. The number of benzene rings is 1. The lowest BCUT2D eigenvalue weighted by atomic mass is 9.84. The number of carboxylic acids is 2. The summed E-state index contributed by atoms with van der Waals surface area (Å²) >= 11 is 0. The van der Waals surface area contributed by atoms with E-state index in [1.807, 2.05) is 6.07 Å². The van der Waals surface area contributed by atoms with Crippen molar-refractivity contribution in [3.63, 3.8) is 0 Å². The molecule has 2 saturated heterocycles. The fourth-order valence-electron chi connectivity index (χ4n) is 4.68. The van der Waals surface area contributed by atoms with Crippen LogP contribution in [-0.4, -0.2) is 102 Å². The van der Waals surface area contributed by atoms with Crippen molar-refractivity contribution >= 4 is 11.9 Å². The Kier molecular flexibility index (Phi) is 10.9. The number of carboxylic acid groups (broad SMARTS) is 2. The van der Waals surface area contributed by atoms with E-state index in [2.05, 4.69) is 21.9 Å². The lowest BCUT2D eigenvalue weighted by Gasteiger charge is -2.53. The highest BCUT2D eigenvalue weighted by atomic mass is 19.4. The number of rotatable bonds is 7. The van der Waals surface area contributed by atoms with Crippen LogP contribution in [0.4, 0.5) is 26.3 Å². The van der Waals surface area contributed by atoms with Crippen molar-refractivity contribution in [3.05, 3.63) is 23.8 Å². The van der Waals surface area contributed by atoms with Gasteiger partial charge in [0.2, 0.25) is 0 Å². The van der Waals surface area contributed by atoms with E-state index in [0.29, 0.717) is 18.1 Å². The van der Waals surface area contributed by atoms with Crippen molar-refractivity contribution in [2.45, 2.75) is 43.7 Å². The molecular weight excluding hydrogens is 542 g/mol. The van der Waals surface area contributed by atoms with Crippen LogP contribution in [0.5, 0.6) is 11.5 Å². The van der Waals surface area contributed by atoms with Crippen LogP contribution in [0.3, 0.4) is 0 Å². The molecule has 2 aliphatic heterocycles. The molecule has 3 fully saturated rings. The fraction of sp³-hybridized carbons (Fsp3) is 0.667. The van der Waals surface area contributed by atoms with Crippen LogP contribution >= 0.6 is 0 Å². The van der Waals surface area contributed by atoms with E-state index in [-0.39, 0.29) is 0 Å². The molecule has 4 rings (SSSR count). The van der Waals surface area contributed by atoms with Gasteiger partial charge in [-0.2, -0.15) is 26.3 Å². The number of halogens is 6. The first-order chi connectivity index (χ1) is 18.0. The number of carbonyl (C=O) groups is 2. The molecule has 0 aromatic heterocycles. The summed E-state index contributed by atoms with van der Waals surface area (Å²) in [6.45, 7) is 5.78. The Morgan fingerprint density at radius 2 is 1.38 bits per heavy atom. The summed E-state index contributed by atoms with van der Waals surface area (Å²) in [6.07, 6.45) is -6.23. The Balaban J connectivity index is 0.000000317. The molecule has 1 saturated carbocycles. The predicted octanol–water partition coefficient (Wildman–Crippen LogP) is 3.25. The van der Waals surface area contributed by atoms with Gasteiger partial charge < -0.3 is 24.8 Å². The van der Waals surface area contributed by atoms with Crippen molar-refractivity contribution < 1.29 is 60.7 Å². The number of methoxy groups -OCH3 is 2. The molecule has 0 radical (unpaired) electrons. The zero-order chi connectivity index (χ0) is 29.6. The van der Waals surface area contributed by atoms with Crippen molar-refractivity contribution in [2.24, 2.45) is 11.8 Å². The van der Waals surface area contributed by atoms with Gasteiger partial charge in [0.15, 0.2) is 0 Å². The molecule has 1 aliphatic carbocycles. The highest BCUT2D eigenvalue weighted by Gasteiger charge is 2.53. The second-order valence-corrected chi connectivity index (χ2v) is 9.80. The van der Waals surface area contributed by atoms with Crippen LogP contribution in [0.1, 0.15) is 24.8 Å². The van der Waals surface area contributed by atoms with Crippen LogP contribution in [0, 0.1) is 11.8 Å². The van der Waals surface area contributed by atoms with Crippen molar-refractivity contribution in [3.8, 4) is 11.5 Å². The minimum Gasteiger partial charge on any atom is -0.497 e. The predicted molar refractivity (Wildman–Crippen MR) is 124 cm³/mol. The first-order valence-electron chi connectivity index (χ1n) is 11.9. The quantitative estimate of drug-likeness (QED) is 0.422. The van der Waals surface area contributed by atoms with Gasteiger partial charge in [0.25, 0.3) is 0 Å². The molecule has 222 valence electrons. The lowest BCUT2D eigenvalue weighted by molar-refractivity contribution is -0.193. The number of ether oxygens (including phenoxy) is 2. The van der Waals surface area contributed by atoms with Crippen LogP contribution in [0.15, 0.2) is 18.2 Å². The first kappa shape index (κ1) is 32.4. The summed E-state index contributed by atoms with van der Waals surface area (Å²) in [5.41, 5.74) is 1.54. The number of aliphatic hydroxyl groups excluding tert-OH is 1. The minimum atomic E-state index is -5.08. The van der Waals surface area contributed by atoms with E-state index in [1.165, 1.54) is 24.9 Å². The van der Waals surface area contributed by atoms with Gasteiger partial charge in [0.1, 0.15) is 11.5 Å². The molecule has 0 bridgehead atoms. The van der Waals surface area contributed by atoms with Crippen molar-refractivity contribution in [1.29, 1.82) is 0 Å². The van der Waals surface area contributed by atoms with Gasteiger partial charge in [0.05, 0.1) is 14.2 Å². The van der Waals surface area contributed by atoms with E-state index in [1.54, 1.807) is 14.2 Å². The molecule has 15 heteroatoms. The molecule has 1 atom stereocenters. The summed E-state index contributed by atoms with van der Waals surface area (Å²) < 4.78 is 74.2. The monoisotopic (exact) mass is 574 g/mol. The normalized spacial score (nSPS) is 20.7. The largest absolute Gasteiger partial charge is 0.497 e. The standard InChI is InChI=1S/C20H30N2O3.2C2HF3O2/c1-24-18-5-16(6-19(7-18)25-2)9-21-13-20(14-21)8-17(12-23)11-22(20)10-15-3-4-15;2*3-2(4,5)1(6)7/h5-7,15,17,23H,3-4,8-14H2,1-2H3;2*(H,6,7). The Hall–Kier alpha value is -2.78. The van der Waals surface area contributed by atoms with Crippen molar-refractivity contribution in [1.82, 2.24) is 9.80 Å². The highest BCUT2D eigenvalue weighted by molar-refractivity contribution is 5.73. The second kappa shape index (κ2) is 13.0. The van der Waals surface area contributed by atoms with E-state index in [0.717, 1.165) is 50.0 Å². The Morgan fingerprint density at radius 1 is 0.923 bits per heavy atom. The fourth-order valence-corrected chi connectivity index (χ4v) is 4.68. The van der Waals surface area contributed by atoms with Gasteiger partial charge in [0, 0.05) is 50.9 Å². The number of likely N-dealkylation sites (tertiary alicyclic amines) is 2. The lowest BCUT2D eigenvalue weighted by Crippen LogP contribution is -2.67. The summed E-state index contributed by atoms with van der Waals surface area (Å²) in [5, 5.41) is 23.9. The maximum atomic E-state index is 10.6. The summed E-state index contributed by atoms with van der Waals surface area (Å²) in [7, 11) is 3.39. The van der Waals surface area contributed by atoms with Crippen LogP contribution in [0.25, 0.3) is 0 Å². The molecule has 1 aromatic carbocycles. The SMILES string of the molecule is COc1cc(CN2CC3(CC(CO)CN3CC3CC3)C2)cc(OC)c1.O=C(O)C(F)(F)F.O=C(O)C(F)(F)F. The molecule has 3 aliphatic rings. The highest BCUT2D eigenvalue weighted by Crippen LogP contribution is 2.43. The maximum Gasteiger partial charge on any atom is 0.490 e. The van der Waals surface area contributed by atoms with Gasteiger partial charge in [-0.15, -0.1) is 0 Å². The average Bonchev–Trinajstić information content (AvgIpc) is 3.57. The number of aliphatic carboxylic acids is 2. The third-order valence-corrected chi connectivity index (χ3v) is 6.59. The third-order valence-electron chi connectivity index (χ3n) is 6.59. The Morgan fingerprint density at radius 3 is 1.74 bits per heavy atom. The van der Waals surface area contributed by atoms with Gasteiger partial charge in [-0.25, -0.2) is 9.59 Å². The zero-order valence-electron chi connectivity index (χ0n) is 21.4. The molecule has 9 nitrogen and oxygen atoms in total. The number of hydrogen-bond acceptors (Lipinski definition) is 7. The van der Waals surface area contributed by atoms with Gasteiger partial charge in [-0.1, -0.05) is 0 Å². The van der Waals surface area contributed by atoms with Gasteiger partial charge >= 0.3 is 24.3 Å². The number of hydrogen-bond donors (Lipinski definition) is 3. The minimum absolute atomic E-state index is 0.305. The van der Waals surface area contributed by atoms with Crippen molar-refractivity contribution in [2.75, 3.05) is 47.0 Å².